The van der Waals surface area contributed by atoms with Crippen LogP contribution in [0.25, 0.3) is 0 Å². The van der Waals surface area contributed by atoms with Crippen LogP contribution in [0.3, 0.4) is 0 Å². The minimum Gasteiger partial charge on any atom is -0.370 e. The number of hydrogen-bond donors (Lipinski definition) is 2. The van der Waals surface area contributed by atoms with Gasteiger partial charge in [-0.05, 0) is 7.05 Å². The molecule has 0 saturated heterocycles. The summed E-state index contributed by atoms with van der Waals surface area (Å²) < 4.78 is 0. The van der Waals surface area contributed by atoms with Crippen LogP contribution in [0.1, 0.15) is 150 Å². The van der Waals surface area contributed by atoms with E-state index in [-0.39, 0.29) is 6.42 Å². The minimum atomic E-state index is -0.471. The van der Waals surface area contributed by atoms with Gasteiger partial charge in [-0.2, -0.15) is 0 Å². The van der Waals surface area contributed by atoms with Gasteiger partial charge >= 0.3 is 0 Å². The smallest absolute Gasteiger partial charge is 0.219 e. The molecule has 0 aromatic carbocycles. The van der Waals surface area contributed by atoms with Crippen LogP contribution in [-0.2, 0) is 9.59 Å². The molecule has 0 aliphatic heterocycles. The Balaban J connectivity index is -0.0000000203. The Labute approximate surface area is 196 Å². The molecule has 30 heavy (non-hydrogen) atoms. The van der Waals surface area contributed by atoms with Gasteiger partial charge in [0, 0.05) is 6.42 Å². The SMILES string of the molecule is C1CC1.CC.CC.CC.CC.CC.CC.CC.CC.CC.CN[C@H](C=O)CC(N)=O. The molecule has 1 aliphatic rings. The van der Waals surface area contributed by atoms with Gasteiger partial charge in [0.2, 0.25) is 5.91 Å². The second-order valence-corrected chi connectivity index (χ2v) is 2.76. The van der Waals surface area contributed by atoms with E-state index in [1.54, 1.807) is 7.05 Å². The van der Waals surface area contributed by atoms with Gasteiger partial charge in [-0.1, -0.05) is 144 Å². The van der Waals surface area contributed by atoms with Gasteiger partial charge in [0.15, 0.2) is 0 Å². The predicted molar refractivity (Wildman–Crippen MR) is 149 cm³/mol. The van der Waals surface area contributed by atoms with Crippen molar-refractivity contribution in [3.8, 4) is 0 Å². The maximum atomic E-state index is 10.2. The van der Waals surface area contributed by atoms with Gasteiger partial charge in [-0.25, -0.2) is 0 Å². The summed E-state index contributed by atoms with van der Waals surface area (Å²) in [7, 11) is 1.60. The summed E-state index contributed by atoms with van der Waals surface area (Å²) in [6, 6.07) is -0.428. The van der Waals surface area contributed by atoms with Gasteiger partial charge < -0.3 is 15.8 Å². The molecule has 1 rings (SSSR count). The number of carbonyl (C=O) groups excluding carboxylic acids is 2. The van der Waals surface area contributed by atoms with Crippen molar-refractivity contribution in [1.29, 1.82) is 0 Å². The van der Waals surface area contributed by atoms with Crippen LogP contribution in [0.4, 0.5) is 0 Å². The van der Waals surface area contributed by atoms with Crippen molar-refractivity contribution in [2.45, 2.75) is 156 Å². The molecule has 4 heteroatoms. The van der Waals surface area contributed by atoms with Crippen LogP contribution < -0.4 is 11.1 Å². The lowest BCUT2D eigenvalue weighted by atomic mass is 10.2. The summed E-state index contributed by atoms with van der Waals surface area (Å²) in [5, 5.41) is 2.61. The van der Waals surface area contributed by atoms with Crippen molar-refractivity contribution >= 4 is 12.2 Å². The van der Waals surface area contributed by atoms with Crippen LogP contribution in [0.2, 0.25) is 0 Å². The number of rotatable bonds is 4. The summed E-state index contributed by atoms with van der Waals surface area (Å²) in [6.07, 6.45) is 5.23. The summed E-state index contributed by atoms with van der Waals surface area (Å²) in [4.78, 5) is 20.2. The second-order valence-electron chi connectivity index (χ2n) is 2.76. The molecular weight excluding hydrogens is 372 g/mol. The highest BCUT2D eigenvalue weighted by Gasteiger charge is 2.05. The van der Waals surface area contributed by atoms with Crippen molar-refractivity contribution in [2.75, 3.05) is 7.05 Å². The lowest BCUT2D eigenvalue weighted by Gasteiger charge is -2.03. The maximum Gasteiger partial charge on any atom is 0.219 e. The Hall–Kier alpha value is -0.900. The largest absolute Gasteiger partial charge is 0.370 e. The van der Waals surface area contributed by atoms with E-state index in [2.05, 4.69) is 5.32 Å². The first-order valence-electron chi connectivity index (χ1n) is 13.1. The molecular formula is C26H70N2O2. The Bertz CT molecular complexity index is 149. The number of nitrogens with two attached hydrogens (primary N) is 1. The first-order chi connectivity index (χ1) is 14.7. The van der Waals surface area contributed by atoms with Gasteiger partial charge in [-0.15, -0.1) is 0 Å². The van der Waals surface area contributed by atoms with Crippen LogP contribution in [0.15, 0.2) is 0 Å². The molecule has 0 spiro atoms. The van der Waals surface area contributed by atoms with Crippen LogP contribution in [-0.4, -0.2) is 25.3 Å². The van der Waals surface area contributed by atoms with Gasteiger partial charge in [0.25, 0.3) is 0 Å². The number of primary amides is 1. The lowest BCUT2D eigenvalue weighted by Crippen LogP contribution is -2.31. The Morgan fingerprint density at radius 1 is 0.667 bits per heavy atom. The average Bonchev–Trinajstić information content (AvgIpc) is 3.78. The number of nitrogens with one attached hydrogen (secondary N) is 1. The maximum absolute atomic E-state index is 10.2. The molecule has 196 valence electrons. The van der Waals surface area contributed by atoms with E-state index < -0.39 is 11.9 Å². The van der Waals surface area contributed by atoms with Crippen LogP contribution in [0, 0.1) is 0 Å². The molecule has 1 amide bonds. The van der Waals surface area contributed by atoms with E-state index in [4.69, 9.17) is 5.73 Å². The van der Waals surface area contributed by atoms with E-state index in [9.17, 15) is 9.59 Å². The molecule has 0 unspecified atom stereocenters. The fourth-order valence-electron chi connectivity index (χ4n) is 0.435. The number of likely N-dealkylation sites (N-methyl/N-ethyl adjacent to an activating group) is 1. The van der Waals surface area contributed by atoms with Crippen molar-refractivity contribution in [1.82, 2.24) is 5.32 Å². The van der Waals surface area contributed by atoms with Crippen molar-refractivity contribution in [3.05, 3.63) is 0 Å². The first-order valence-corrected chi connectivity index (χ1v) is 13.1. The summed E-state index contributed by atoms with van der Waals surface area (Å²) in [5.74, 6) is -0.471. The molecule has 1 aliphatic carbocycles. The highest BCUT2D eigenvalue weighted by molar-refractivity contribution is 5.78. The third kappa shape index (κ3) is 281. The van der Waals surface area contributed by atoms with E-state index in [1.165, 1.54) is 19.3 Å². The van der Waals surface area contributed by atoms with E-state index in [0.29, 0.717) is 6.29 Å². The minimum absolute atomic E-state index is 0.0694. The quantitative estimate of drug-likeness (QED) is 0.426. The first kappa shape index (κ1) is 63.0. The fraction of sp³-hybridized carbons (Fsp3) is 0.923. The molecule has 3 N–H and O–H groups in total. The van der Waals surface area contributed by atoms with Crippen molar-refractivity contribution in [2.24, 2.45) is 5.73 Å². The van der Waals surface area contributed by atoms with Gasteiger partial charge in [0.1, 0.15) is 6.29 Å². The lowest BCUT2D eigenvalue weighted by molar-refractivity contribution is -0.120. The zero-order chi connectivity index (χ0) is 27.4. The van der Waals surface area contributed by atoms with Crippen LogP contribution in [0.5, 0.6) is 0 Å². The van der Waals surface area contributed by atoms with Gasteiger partial charge in [0.05, 0.1) is 6.04 Å². The molecule has 1 fully saturated rings. The molecule has 1 atom stereocenters. The Morgan fingerprint density at radius 3 is 0.900 bits per heavy atom. The van der Waals surface area contributed by atoms with Crippen LogP contribution >= 0.6 is 0 Å². The zero-order valence-electron chi connectivity index (χ0n) is 25.4. The van der Waals surface area contributed by atoms with E-state index >= 15 is 0 Å². The number of amides is 1. The fourth-order valence-corrected chi connectivity index (χ4v) is 0.435. The second kappa shape index (κ2) is 167. The molecule has 0 heterocycles. The molecule has 0 aromatic rings. The third-order valence-electron chi connectivity index (χ3n) is 1.31. The predicted octanol–water partition coefficient (Wildman–Crippen LogP) is 9.05. The summed E-state index contributed by atoms with van der Waals surface area (Å²) in [6.45, 7) is 36.0. The van der Waals surface area contributed by atoms with E-state index in [1.807, 2.05) is 125 Å². The summed E-state index contributed by atoms with van der Waals surface area (Å²) >= 11 is 0. The number of hydrogen-bond acceptors (Lipinski definition) is 3. The molecule has 4 nitrogen and oxygen atoms in total. The number of carbonyl (C=O) groups is 2. The molecule has 0 bridgehead atoms. The monoisotopic (exact) mass is 443 g/mol. The normalized spacial score (nSPS) is 7.97. The Morgan fingerprint density at radius 2 is 0.867 bits per heavy atom. The average molecular weight is 443 g/mol. The highest BCUT2D eigenvalue weighted by atomic mass is 16.1. The van der Waals surface area contributed by atoms with E-state index in [0.717, 1.165) is 0 Å². The molecule has 0 radical (unpaired) electrons. The standard InChI is InChI=1S/C5H10N2O2.C3H6.9C2H6/c1-7-4(3-8)2-5(6)9;1-2-3-1;9*1-2/h3-4,7H,2H2,1H3,(H2,6,9);1-3H2;9*1-2H3/t4-;;;;;;;;;;/m0........../s1. The third-order valence-corrected chi connectivity index (χ3v) is 1.31. The molecule has 1 saturated carbocycles. The van der Waals surface area contributed by atoms with Crippen molar-refractivity contribution in [3.63, 3.8) is 0 Å². The topological polar surface area (TPSA) is 72.2 Å². The zero-order valence-corrected chi connectivity index (χ0v) is 25.4. The molecule has 0 aromatic heterocycles. The number of aldehydes is 1. The Kier molecular flexibility index (Phi) is 352. The van der Waals surface area contributed by atoms with Crippen molar-refractivity contribution < 1.29 is 9.59 Å². The summed E-state index contributed by atoms with van der Waals surface area (Å²) in [5.41, 5.74) is 4.81. The highest BCUT2D eigenvalue weighted by Crippen LogP contribution is 2.14. The van der Waals surface area contributed by atoms with Gasteiger partial charge in [-0.3, -0.25) is 4.79 Å².